The Labute approximate surface area is 197 Å². The third-order valence-electron chi connectivity index (χ3n) is 3.87. The van der Waals surface area contributed by atoms with Gasteiger partial charge in [0.25, 0.3) is 11.8 Å². The lowest BCUT2D eigenvalue weighted by molar-refractivity contribution is -0.115. The van der Waals surface area contributed by atoms with Crippen molar-refractivity contribution in [1.82, 2.24) is 5.32 Å². The zero-order valence-corrected chi connectivity index (χ0v) is 19.4. The molecule has 0 radical (unpaired) electrons. The van der Waals surface area contributed by atoms with Crippen molar-refractivity contribution in [1.29, 1.82) is 0 Å². The molecule has 1 aliphatic rings. The number of hydrogen-bond donors (Lipinski definition) is 1. The molecule has 0 atom stereocenters. The number of thioether (sulfide) groups is 1. The van der Waals surface area contributed by atoms with Crippen LogP contribution in [-0.4, -0.2) is 30.2 Å². The smallest absolute Gasteiger partial charge is 0.279 e. The van der Waals surface area contributed by atoms with Crippen molar-refractivity contribution in [3.63, 3.8) is 0 Å². The van der Waals surface area contributed by atoms with Crippen LogP contribution >= 0.6 is 39.3 Å². The highest BCUT2D eigenvalue weighted by molar-refractivity contribution is 9.10. The molecule has 2 aromatic rings. The molecule has 1 heterocycles. The van der Waals surface area contributed by atoms with Crippen LogP contribution in [0.1, 0.15) is 22.8 Å². The maximum atomic E-state index is 12.4. The summed E-state index contributed by atoms with van der Waals surface area (Å²) in [6.07, 6.45) is 6.94. The number of rotatable bonds is 6. The normalized spacial score (nSPS) is 15.6. The Kier molecular flexibility index (Phi) is 7.80. The van der Waals surface area contributed by atoms with E-state index < -0.39 is 5.91 Å². The van der Waals surface area contributed by atoms with Crippen LogP contribution in [-0.2, 0) is 4.79 Å². The molecule has 1 N–H and O–H groups in total. The van der Waals surface area contributed by atoms with Gasteiger partial charge in [0.1, 0.15) is 6.61 Å². The predicted molar refractivity (Wildman–Crippen MR) is 127 cm³/mol. The molecule has 0 saturated carbocycles. The van der Waals surface area contributed by atoms with Gasteiger partial charge < -0.3 is 14.8 Å². The van der Waals surface area contributed by atoms with Gasteiger partial charge in [0.15, 0.2) is 16.7 Å². The summed E-state index contributed by atoms with van der Waals surface area (Å²) in [4.78, 5) is 29.0. The monoisotopic (exact) mass is 518 g/mol. The molecule has 31 heavy (non-hydrogen) atoms. The zero-order valence-electron chi connectivity index (χ0n) is 16.3. The number of hydrogen-bond acceptors (Lipinski definition) is 5. The van der Waals surface area contributed by atoms with Crippen molar-refractivity contribution >= 4 is 62.4 Å². The van der Waals surface area contributed by atoms with E-state index in [9.17, 15) is 9.59 Å². The van der Waals surface area contributed by atoms with E-state index in [4.69, 9.17) is 27.5 Å². The van der Waals surface area contributed by atoms with Crippen LogP contribution in [0.3, 0.4) is 0 Å². The molecule has 3 rings (SSSR count). The first-order chi connectivity index (χ1) is 14.9. The van der Waals surface area contributed by atoms with Gasteiger partial charge in [-0.3, -0.25) is 9.59 Å². The first kappa shape index (κ1) is 22.9. The second-order valence-corrected chi connectivity index (χ2v) is 8.37. The van der Waals surface area contributed by atoms with Gasteiger partial charge in [0.2, 0.25) is 0 Å². The Bertz CT molecular complexity index is 1120. The van der Waals surface area contributed by atoms with Gasteiger partial charge in [-0.25, -0.2) is 0 Å². The lowest BCUT2D eigenvalue weighted by Crippen LogP contribution is -2.20. The minimum absolute atomic E-state index is 0.0961. The van der Waals surface area contributed by atoms with Crippen LogP contribution in [0.5, 0.6) is 11.5 Å². The largest absolute Gasteiger partial charge is 0.490 e. The Hall–Kier alpha value is -2.73. The molecule has 1 aliphatic heterocycles. The van der Waals surface area contributed by atoms with Crippen LogP contribution in [0.2, 0.25) is 5.02 Å². The maximum Gasteiger partial charge on any atom is 0.279 e. The molecule has 0 aromatic heterocycles. The molecule has 2 amide bonds. The average molecular weight is 520 g/mol. The van der Waals surface area contributed by atoms with Crippen LogP contribution in [0, 0.1) is 12.3 Å². The summed E-state index contributed by atoms with van der Waals surface area (Å²) in [6, 6.07) is 9.88. The van der Waals surface area contributed by atoms with E-state index in [1.807, 2.05) is 6.92 Å². The molecule has 158 valence electrons. The van der Waals surface area contributed by atoms with Gasteiger partial charge in [-0.1, -0.05) is 17.5 Å². The number of amidine groups is 1. The molecule has 6 nitrogen and oxygen atoms in total. The van der Waals surface area contributed by atoms with E-state index in [0.29, 0.717) is 43.6 Å². The number of amides is 2. The van der Waals surface area contributed by atoms with Crippen LogP contribution in [0.15, 0.2) is 50.8 Å². The van der Waals surface area contributed by atoms with E-state index in [0.717, 1.165) is 11.8 Å². The molecule has 2 aromatic carbocycles. The average Bonchev–Trinajstić information content (AvgIpc) is 3.06. The number of benzene rings is 2. The highest BCUT2D eigenvalue weighted by Crippen LogP contribution is 2.38. The number of terminal acetylenes is 1. The summed E-state index contributed by atoms with van der Waals surface area (Å²) in [7, 11) is 0. The van der Waals surface area contributed by atoms with E-state index in [-0.39, 0.29) is 17.7 Å². The Morgan fingerprint density at radius 1 is 1.32 bits per heavy atom. The van der Waals surface area contributed by atoms with Crippen molar-refractivity contribution in [3.05, 3.63) is 61.9 Å². The Morgan fingerprint density at radius 2 is 2.06 bits per heavy atom. The fraction of sp³-hybridized carbons (Fsp3) is 0.136. The SMILES string of the molecule is C#CCOc1c(Br)cc(/C=C2\SC(=NC(=O)c3ccc(Cl)cc3)NC2=O)cc1OCC. The minimum Gasteiger partial charge on any atom is -0.490 e. The number of carbonyl (C=O) groups excluding carboxylic acids is 2. The standard InChI is InChI=1S/C22H16BrClN2O4S/c1-3-9-30-19-16(23)10-13(11-17(19)29-4-2)12-18-21(28)26-22(31-18)25-20(27)14-5-7-15(24)8-6-14/h1,5-8,10-12H,4,9H2,2H3,(H,25,26,27,28)/b18-12-. The van der Waals surface area contributed by atoms with Gasteiger partial charge in [0, 0.05) is 10.6 Å². The fourth-order valence-corrected chi connectivity index (χ4v) is 4.09. The fourth-order valence-electron chi connectivity index (χ4n) is 2.57. The second kappa shape index (κ2) is 10.5. The van der Waals surface area contributed by atoms with Crippen molar-refractivity contribution in [3.8, 4) is 23.8 Å². The quantitative estimate of drug-likeness (QED) is 0.433. The minimum atomic E-state index is -0.475. The number of nitrogens with zero attached hydrogens (tertiary/aromatic N) is 1. The van der Waals surface area contributed by atoms with Gasteiger partial charge in [0.05, 0.1) is 16.0 Å². The lowest BCUT2D eigenvalue weighted by Gasteiger charge is -2.13. The molecule has 0 bridgehead atoms. The van der Waals surface area contributed by atoms with Crippen molar-refractivity contribution in [2.75, 3.05) is 13.2 Å². The molecule has 1 saturated heterocycles. The van der Waals surface area contributed by atoms with Gasteiger partial charge in [-0.15, -0.1) is 6.42 Å². The maximum absolute atomic E-state index is 12.4. The summed E-state index contributed by atoms with van der Waals surface area (Å²) in [5, 5.41) is 3.32. The Balaban J connectivity index is 1.83. The third kappa shape index (κ3) is 5.91. The van der Waals surface area contributed by atoms with Gasteiger partial charge in [-0.2, -0.15) is 4.99 Å². The van der Waals surface area contributed by atoms with E-state index in [2.05, 4.69) is 32.2 Å². The molecule has 0 unspecified atom stereocenters. The number of carbonyl (C=O) groups is 2. The lowest BCUT2D eigenvalue weighted by atomic mass is 10.2. The highest BCUT2D eigenvalue weighted by Gasteiger charge is 2.25. The molecule has 0 aliphatic carbocycles. The topological polar surface area (TPSA) is 77.0 Å². The van der Waals surface area contributed by atoms with Crippen LogP contribution in [0.25, 0.3) is 6.08 Å². The molecule has 0 spiro atoms. The third-order valence-corrected chi connectivity index (χ3v) is 5.63. The summed E-state index contributed by atoms with van der Waals surface area (Å²) < 4.78 is 11.8. The van der Waals surface area contributed by atoms with E-state index in [1.54, 1.807) is 42.5 Å². The van der Waals surface area contributed by atoms with Crippen LogP contribution in [0.4, 0.5) is 0 Å². The summed E-state index contributed by atoms with van der Waals surface area (Å²) in [6.45, 7) is 2.38. The number of halogens is 2. The molecular formula is C22H16BrClN2O4S. The van der Waals surface area contributed by atoms with Gasteiger partial charge >= 0.3 is 0 Å². The first-order valence-electron chi connectivity index (χ1n) is 9.03. The van der Waals surface area contributed by atoms with Crippen molar-refractivity contribution in [2.45, 2.75) is 6.92 Å². The predicted octanol–water partition coefficient (Wildman–Crippen LogP) is 4.91. The number of nitrogens with one attached hydrogen (secondary N) is 1. The van der Waals surface area contributed by atoms with Crippen LogP contribution < -0.4 is 14.8 Å². The second-order valence-electron chi connectivity index (χ2n) is 6.05. The number of ether oxygens (including phenoxy) is 2. The highest BCUT2D eigenvalue weighted by atomic mass is 79.9. The zero-order chi connectivity index (χ0) is 22.4. The molecule has 1 fully saturated rings. The van der Waals surface area contributed by atoms with E-state index >= 15 is 0 Å². The van der Waals surface area contributed by atoms with Gasteiger partial charge in [-0.05, 0) is 82.7 Å². The summed E-state index contributed by atoms with van der Waals surface area (Å²) in [5.41, 5.74) is 1.07. The molecular weight excluding hydrogens is 504 g/mol. The van der Waals surface area contributed by atoms with E-state index in [1.165, 1.54) is 0 Å². The number of aliphatic imine (C=N–C) groups is 1. The van der Waals surface area contributed by atoms with Crippen molar-refractivity contribution < 1.29 is 19.1 Å². The summed E-state index contributed by atoms with van der Waals surface area (Å²) >= 11 is 10.4. The first-order valence-corrected chi connectivity index (χ1v) is 11.0. The Morgan fingerprint density at radius 3 is 2.74 bits per heavy atom. The summed E-state index contributed by atoms with van der Waals surface area (Å²) in [5.74, 6) is 2.57. The molecule has 9 heteroatoms. The van der Waals surface area contributed by atoms with Crippen molar-refractivity contribution in [2.24, 2.45) is 4.99 Å².